The van der Waals surface area contributed by atoms with E-state index < -0.39 is 0 Å². The van der Waals surface area contributed by atoms with Crippen molar-refractivity contribution in [2.45, 2.75) is 6.54 Å². The molecular weight excluding hydrogens is 316 g/mol. The monoisotopic (exact) mass is 336 g/mol. The molecule has 1 heterocycles. The van der Waals surface area contributed by atoms with Crippen LogP contribution >= 0.6 is 11.3 Å². The van der Waals surface area contributed by atoms with Gasteiger partial charge in [-0.2, -0.15) is 0 Å². The number of ether oxygens (including phenoxy) is 3. The van der Waals surface area contributed by atoms with Crippen molar-refractivity contribution in [1.82, 2.24) is 5.32 Å². The van der Waals surface area contributed by atoms with Gasteiger partial charge in [0.25, 0.3) is 0 Å². The van der Waals surface area contributed by atoms with Crippen LogP contribution in [0, 0.1) is 0 Å². The zero-order chi connectivity index (χ0) is 16.7. The van der Waals surface area contributed by atoms with E-state index in [1.54, 1.807) is 44.8 Å². The van der Waals surface area contributed by atoms with Gasteiger partial charge in [0.15, 0.2) is 11.5 Å². The second-order valence-electron chi connectivity index (χ2n) is 4.62. The number of methoxy groups -OCH3 is 3. The summed E-state index contributed by atoms with van der Waals surface area (Å²) in [7, 11) is 4.65. The maximum atomic E-state index is 11.9. The number of carbonyl (C=O) groups is 1. The van der Waals surface area contributed by atoms with Crippen molar-refractivity contribution in [3.8, 4) is 17.2 Å². The predicted octanol–water partition coefficient (Wildman–Crippen LogP) is 2.50. The molecule has 7 heteroatoms. The van der Waals surface area contributed by atoms with Crippen LogP contribution in [0.15, 0.2) is 29.6 Å². The lowest BCUT2D eigenvalue weighted by atomic mass is 10.2. The zero-order valence-corrected chi connectivity index (χ0v) is 14.2. The number of anilines is 1. The lowest BCUT2D eigenvalue weighted by molar-refractivity contribution is -0.119. The number of amides is 1. The molecule has 0 fully saturated rings. The number of thiophene rings is 1. The summed E-state index contributed by atoms with van der Waals surface area (Å²) in [5, 5.41) is 7.89. The third-order valence-corrected chi connectivity index (χ3v) is 4.03. The van der Waals surface area contributed by atoms with Gasteiger partial charge in [-0.1, -0.05) is 6.07 Å². The zero-order valence-electron chi connectivity index (χ0n) is 13.3. The first-order valence-electron chi connectivity index (χ1n) is 7.01. The van der Waals surface area contributed by atoms with Crippen LogP contribution in [0.25, 0.3) is 0 Å². The molecule has 1 aromatic heterocycles. The van der Waals surface area contributed by atoms with Crippen molar-refractivity contribution in [2.75, 3.05) is 33.2 Å². The van der Waals surface area contributed by atoms with Gasteiger partial charge in [0.1, 0.15) is 0 Å². The fraction of sp³-hybridized carbons (Fsp3) is 0.312. The van der Waals surface area contributed by atoms with Gasteiger partial charge in [-0.25, -0.2) is 0 Å². The molecule has 0 saturated carbocycles. The summed E-state index contributed by atoms with van der Waals surface area (Å²) < 4.78 is 15.8. The molecular formula is C16H20N2O4S. The third-order valence-electron chi connectivity index (χ3n) is 3.16. The molecule has 2 rings (SSSR count). The smallest absolute Gasteiger partial charge is 0.239 e. The highest BCUT2D eigenvalue weighted by molar-refractivity contribution is 7.09. The van der Waals surface area contributed by atoms with Crippen LogP contribution in [-0.2, 0) is 11.3 Å². The van der Waals surface area contributed by atoms with E-state index in [0.29, 0.717) is 29.5 Å². The lowest BCUT2D eigenvalue weighted by Gasteiger charge is -2.15. The molecule has 0 aliphatic carbocycles. The molecule has 0 aliphatic heterocycles. The minimum absolute atomic E-state index is 0.0906. The van der Waals surface area contributed by atoms with E-state index in [9.17, 15) is 4.79 Å². The number of benzene rings is 1. The Morgan fingerprint density at radius 1 is 1.13 bits per heavy atom. The molecule has 2 aromatic rings. The topological polar surface area (TPSA) is 68.8 Å². The van der Waals surface area contributed by atoms with E-state index in [1.165, 1.54) is 0 Å². The normalized spacial score (nSPS) is 10.0. The van der Waals surface area contributed by atoms with E-state index >= 15 is 0 Å². The predicted molar refractivity (Wildman–Crippen MR) is 90.8 cm³/mol. The Labute approximate surface area is 139 Å². The molecule has 0 aliphatic rings. The van der Waals surface area contributed by atoms with Crippen LogP contribution in [0.5, 0.6) is 17.2 Å². The van der Waals surface area contributed by atoms with Crippen LogP contribution in [0.1, 0.15) is 4.88 Å². The average molecular weight is 336 g/mol. The summed E-state index contributed by atoms with van der Waals surface area (Å²) in [4.78, 5) is 13.0. The van der Waals surface area contributed by atoms with E-state index in [1.807, 2.05) is 17.5 Å². The number of nitrogens with one attached hydrogen (secondary N) is 2. The molecule has 0 atom stereocenters. The fourth-order valence-corrected chi connectivity index (χ4v) is 2.67. The van der Waals surface area contributed by atoms with Gasteiger partial charge in [0.2, 0.25) is 11.7 Å². The summed E-state index contributed by atoms with van der Waals surface area (Å²) in [6, 6.07) is 7.46. The first-order chi connectivity index (χ1) is 11.2. The molecule has 23 heavy (non-hydrogen) atoms. The van der Waals surface area contributed by atoms with Gasteiger partial charge in [-0.3, -0.25) is 4.79 Å². The van der Waals surface area contributed by atoms with Crippen LogP contribution in [0.4, 0.5) is 5.69 Å². The fourth-order valence-electron chi connectivity index (χ4n) is 2.03. The Hall–Kier alpha value is -2.41. The van der Waals surface area contributed by atoms with Gasteiger partial charge in [0.05, 0.1) is 34.4 Å². The highest BCUT2D eigenvalue weighted by Gasteiger charge is 2.13. The lowest BCUT2D eigenvalue weighted by Crippen LogP contribution is -2.29. The third kappa shape index (κ3) is 4.53. The largest absolute Gasteiger partial charge is 0.493 e. The number of rotatable bonds is 8. The molecule has 1 aromatic carbocycles. The Kier molecular flexibility index (Phi) is 6.10. The molecule has 0 unspecified atom stereocenters. The van der Waals surface area contributed by atoms with Gasteiger partial charge in [-0.05, 0) is 11.4 Å². The molecule has 124 valence electrons. The molecule has 0 bridgehead atoms. The van der Waals surface area contributed by atoms with Crippen molar-refractivity contribution in [3.63, 3.8) is 0 Å². The van der Waals surface area contributed by atoms with Crippen LogP contribution in [0.3, 0.4) is 0 Å². The van der Waals surface area contributed by atoms with Crippen molar-refractivity contribution in [2.24, 2.45) is 0 Å². The van der Waals surface area contributed by atoms with Gasteiger partial charge in [0, 0.05) is 22.7 Å². The second kappa shape index (κ2) is 8.28. The van der Waals surface area contributed by atoms with Crippen molar-refractivity contribution in [3.05, 3.63) is 34.5 Å². The van der Waals surface area contributed by atoms with Gasteiger partial charge >= 0.3 is 0 Å². The quantitative estimate of drug-likeness (QED) is 0.775. The first kappa shape index (κ1) is 17.0. The molecule has 0 spiro atoms. The van der Waals surface area contributed by atoms with Crippen LogP contribution < -0.4 is 24.8 Å². The highest BCUT2D eigenvalue weighted by atomic mass is 32.1. The summed E-state index contributed by atoms with van der Waals surface area (Å²) in [5.41, 5.74) is 0.714. The van der Waals surface area contributed by atoms with Crippen molar-refractivity contribution < 1.29 is 19.0 Å². The molecule has 6 nitrogen and oxygen atoms in total. The van der Waals surface area contributed by atoms with Crippen LogP contribution in [-0.4, -0.2) is 33.8 Å². The van der Waals surface area contributed by atoms with E-state index in [0.717, 1.165) is 4.88 Å². The average Bonchev–Trinajstić information content (AvgIpc) is 3.10. The Morgan fingerprint density at radius 3 is 2.35 bits per heavy atom. The van der Waals surface area contributed by atoms with Crippen molar-refractivity contribution >= 4 is 22.9 Å². The standard InChI is InChI=1S/C16H20N2O4S/c1-20-13-7-11(8-14(21-2)16(13)22-3)17-10-15(19)18-9-12-5-4-6-23-12/h4-8,17H,9-10H2,1-3H3,(H,18,19). The Balaban J connectivity index is 1.95. The van der Waals surface area contributed by atoms with E-state index in [2.05, 4.69) is 10.6 Å². The summed E-state index contributed by atoms with van der Waals surface area (Å²) in [6.07, 6.45) is 0. The maximum absolute atomic E-state index is 11.9. The highest BCUT2D eigenvalue weighted by Crippen LogP contribution is 2.39. The molecule has 0 radical (unpaired) electrons. The van der Waals surface area contributed by atoms with Gasteiger partial charge < -0.3 is 24.8 Å². The number of carbonyl (C=O) groups excluding carboxylic acids is 1. The molecule has 2 N–H and O–H groups in total. The second-order valence-corrected chi connectivity index (χ2v) is 5.66. The summed E-state index contributed by atoms with van der Waals surface area (Å²) >= 11 is 1.61. The summed E-state index contributed by atoms with van der Waals surface area (Å²) in [5.74, 6) is 1.50. The summed E-state index contributed by atoms with van der Waals surface area (Å²) in [6.45, 7) is 0.692. The molecule has 0 saturated heterocycles. The van der Waals surface area contributed by atoms with Gasteiger partial charge in [-0.15, -0.1) is 11.3 Å². The SMILES string of the molecule is COc1cc(NCC(=O)NCc2cccs2)cc(OC)c1OC. The van der Waals surface area contributed by atoms with Crippen molar-refractivity contribution in [1.29, 1.82) is 0 Å². The van der Waals surface area contributed by atoms with Crippen LogP contribution in [0.2, 0.25) is 0 Å². The molecule has 1 amide bonds. The van der Waals surface area contributed by atoms with E-state index in [4.69, 9.17) is 14.2 Å². The first-order valence-corrected chi connectivity index (χ1v) is 7.88. The maximum Gasteiger partial charge on any atom is 0.239 e. The Morgan fingerprint density at radius 2 is 1.83 bits per heavy atom. The number of hydrogen-bond donors (Lipinski definition) is 2. The minimum atomic E-state index is -0.0906. The van der Waals surface area contributed by atoms with E-state index in [-0.39, 0.29) is 12.5 Å². The Bertz CT molecular complexity index is 619. The minimum Gasteiger partial charge on any atom is -0.493 e. The number of hydrogen-bond acceptors (Lipinski definition) is 6.